The number of nitro groups is 1. The summed E-state index contributed by atoms with van der Waals surface area (Å²) >= 11 is 0. The van der Waals surface area contributed by atoms with Crippen LogP contribution in [0, 0.1) is 16.0 Å². The number of nitrogens with one attached hydrogen (secondary N) is 1. The Hall–Kier alpha value is -1.58. The summed E-state index contributed by atoms with van der Waals surface area (Å²) in [5.74, 6) is 0.773. The molecule has 1 fully saturated rings. The molecular formula is C12H16N2O2. The maximum atomic E-state index is 10.5. The van der Waals surface area contributed by atoms with Gasteiger partial charge in [0.25, 0.3) is 5.69 Å². The molecule has 2 rings (SSSR count). The molecule has 0 saturated heterocycles. The van der Waals surface area contributed by atoms with Crippen LogP contribution in [0.2, 0.25) is 0 Å². The summed E-state index contributed by atoms with van der Waals surface area (Å²) in [5, 5.41) is 13.8. The molecule has 1 aliphatic rings. The normalized spacial score (nSPS) is 16.2. The maximum absolute atomic E-state index is 10.5. The standard InChI is InChI=1S/C12H16N2O2/c15-14(16)12-7-5-11(6-8-12)13-9-10-3-1-2-4-10/h5-8,10,13H,1-4,9H2. The van der Waals surface area contributed by atoms with Crippen molar-refractivity contribution in [3.63, 3.8) is 0 Å². The minimum absolute atomic E-state index is 0.145. The lowest BCUT2D eigenvalue weighted by Crippen LogP contribution is -2.10. The Kier molecular flexibility index (Phi) is 3.39. The highest BCUT2D eigenvalue weighted by atomic mass is 16.6. The van der Waals surface area contributed by atoms with E-state index in [4.69, 9.17) is 0 Å². The molecule has 16 heavy (non-hydrogen) atoms. The summed E-state index contributed by atoms with van der Waals surface area (Å²) in [6.07, 6.45) is 5.29. The summed E-state index contributed by atoms with van der Waals surface area (Å²) in [7, 11) is 0. The lowest BCUT2D eigenvalue weighted by molar-refractivity contribution is -0.384. The number of rotatable bonds is 4. The van der Waals surface area contributed by atoms with Crippen LogP contribution in [0.15, 0.2) is 24.3 Å². The Morgan fingerprint density at radius 2 is 1.88 bits per heavy atom. The molecule has 1 aliphatic carbocycles. The van der Waals surface area contributed by atoms with E-state index in [0.717, 1.165) is 18.2 Å². The Labute approximate surface area is 94.8 Å². The number of anilines is 1. The zero-order chi connectivity index (χ0) is 11.4. The van der Waals surface area contributed by atoms with Crippen LogP contribution in [-0.4, -0.2) is 11.5 Å². The van der Waals surface area contributed by atoms with Gasteiger partial charge in [-0.05, 0) is 30.9 Å². The van der Waals surface area contributed by atoms with E-state index in [2.05, 4.69) is 5.32 Å². The van der Waals surface area contributed by atoms with Crippen molar-refractivity contribution in [1.82, 2.24) is 0 Å². The van der Waals surface area contributed by atoms with E-state index in [1.165, 1.54) is 37.8 Å². The van der Waals surface area contributed by atoms with E-state index in [9.17, 15) is 10.1 Å². The third-order valence-corrected chi connectivity index (χ3v) is 3.15. The van der Waals surface area contributed by atoms with Crippen molar-refractivity contribution in [2.45, 2.75) is 25.7 Å². The Balaban J connectivity index is 1.87. The molecule has 86 valence electrons. The van der Waals surface area contributed by atoms with E-state index in [1.54, 1.807) is 12.1 Å². The average molecular weight is 220 g/mol. The number of hydrogen-bond acceptors (Lipinski definition) is 3. The topological polar surface area (TPSA) is 55.2 Å². The molecule has 0 bridgehead atoms. The number of nitro benzene ring substituents is 1. The highest BCUT2D eigenvalue weighted by molar-refractivity contribution is 5.48. The molecule has 0 aromatic heterocycles. The van der Waals surface area contributed by atoms with Crippen molar-refractivity contribution < 1.29 is 4.92 Å². The molecule has 0 spiro atoms. The molecule has 0 radical (unpaired) electrons. The minimum Gasteiger partial charge on any atom is -0.385 e. The summed E-state index contributed by atoms with van der Waals surface area (Å²) in [4.78, 5) is 10.1. The second kappa shape index (κ2) is 4.96. The van der Waals surface area contributed by atoms with Crippen LogP contribution in [0.3, 0.4) is 0 Å². The lowest BCUT2D eigenvalue weighted by Gasteiger charge is -2.11. The van der Waals surface area contributed by atoms with Crippen molar-refractivity contribution in [2.75, 3.05) is 11.9 Å². The quantitative estimate of drug-likeness (QED) is 0.626. The van der Waals surface area contributed by atoms with E-state index in [-0.39, 0.29) is 10.6 Å². The van der Waals surface area contributed by atoms with Crippen molar-refractivity contribution in [3.8, 4) is 0 Å². The summed E-state index contributed by atoms with van der Waals surface area (Å²) < 4.78 is 0. The number of nitrogens with zero attached hydrogens (tertiary/aromatic N) is 1. The molecule has 0 aliphatic heterocycles. The molecule has 1 N–H and O–H groups in total. The first kappa shape index (κ1) is 10.9. The SMILES string of the molecule is O=[N+]([O-])c1ccc(NCC2CCCC2)cc1. The van der Waals surface area contributed by atoms with E-state index in [1.807, 2.05) is 0 Å². The van der Waals surface area contributed by atoms with E-state index in [0.29, 0.717) is 0 Å². The van der Waals surface area contributed by atoms with Gasteiger partial charge in [0.15, 0.2) is 0 Å². The third kappa shape index (κ3) is 2.72. The molecule has 1 saturated carbocycles. The third-order valence-electron chi connectivity index (χ3n) is 3.15. The van der Waals surface area contributed by atoms with Crippen molar-refractivity contribution >= 4 is 11.4 Å². The van der Waals surface area contributed by atoms with Gasteiger partial charge in [-0.15, -0.1) is 0 Å². The van der Waals surface area contributed by atoms with Gasteiger partial charge in [0.05, 0.1) is 4.92 Å². The first-order chi connectivity index (χ1) is 7.75. The highest BCUT2D eigenvalue weighted by Crippen LogP contribution is 2.25. The molecule has 0 atom stereocenters. The van der Waals surface area contributed by atoms with Crippen LogP contribution in [0.25, 0.3) is 0 Å². The first-order valence-corrected chi connectivity index (χ1v) is 5.74. The fourth-order valence-corrected chi connectivity index (χ4v) is 2.18. The molecule has 1 aromatic carbocycles. The smallest absolute Gasteiger partial charge is 0.269 e. The number of benzene rings is 1. The largest absolute Gasteiger partial charge is 0.385 e. The van der Waals surface area contributed by atoms with Crippen LogP contribution in [0.5, 0.6) is 0 Å². The zero-order valence-corrected chi connectivity index (χ0v) is 9.19. The van der Waals surface area contributed by atoms with Crippen molar-refractivity contribution in [1.29, 1.82) is 0 Å². The Bertz CT molecular complexity index is 356. The summed E-state index contributed by atoms with van der Waals surface area (Å²) in [6, 6.07) is 6.62. The molecule has 0 unspecified atom stereocenters. The van der Waals surface area contributed by atoms with Crippen LogP contribution in [0.4, 0.5) is 11.4 Å². The molecule has 1 aromatic rings. The minimum atomic E-state index is -0.374. The second-order valence-corrected chi connectivity index (χ2v) is 4.34. The lowest BCUT2D eigenvalue weighted by atomic mass is 10.1. The summed E-state index contributed by atoms with van der Waals surface area (Å²) in [6.45, 7) is 0.984. The first-order valence-electron chi connectivity index (χ1n) is 5.74. The Morgan fingerprint density at radius 1 is 1.25 bits per heavy atom. The van der Waals surface area contributed by atoms with Gasteiger partial charge in [0.1, 0.15) is 0 Å². The van der Waals surface area contributed by atoms with Gasteiger partial charge in [-0.3, -0.25) is 10.1 Å². The van der Waals surface area contributed by atoms with E-state index < -0.39 is 0 Å². The number of hydrogen-bond donors (Lipinski definition) is 1. The van der Waals surface area contributed by atoms with Crippen LogP contribution < -0.4 is 5.32 Å². The average Bonchev–Trinajstić information content (AvgIpc) is 2.80. The maximum Gasteiger partial charge on any atom is 0.269 e. The fourth-order valence-electron chi connectivity index (χ4n) is 2.18. The molecule has 4 nitrogen and oxygen atoms in total. The predicted molar refractivity (Wildman–Crippen MR) is 63.5 cm³/mol. The zero-order valence-electron chi connectivity index (χ0n) is 9.19. The van der Waals surface area contributed by atoms with Gasteiger partial charge >= 0.3 is 0 Å². The van der Waals surface area contributed by atoms with Crippen LogP contribution in [0.1, 0.15) is 25.7 Å². The number of non-ortho nitro benzene ring substituents is 1. The predicted octanol–water partition coefficient (Wildman–Crippen LogP) is 3.20. The van der Waals surface area contributed by atoms with Gasteiger partial charge in [-0.1, -0.05) is 12.8 Å². The van der Waals surface area contributed by atoms with Crippen molar-refractivity contribution in [3.05, 3.63) is 34.4 Å². The van der Waals surface area contributed by atoms with Gasteiger partial charge in [0.2, 0.25) is 0 Å². The molecule has 0 amide bonds. The Morgan fingerprint density at radius 3 is 2.44 bits per heavy atom. The van der Waals surface area contributed by atoms with Gasteiger partial charge in [-0.25, -0.2) is 0 Å². The van der Waals surface area contributed by atoms with E-state index >= 15 is 0 Å². The monoisotopic (exact) mass is 220 g/mol. The van der Waals surface area contributed by atoms with Crippen LogP contribution >= 0.6 is 0 Å². The molecular weight excluding hydrogens is 204 g/mol. The van der Waals surface area contributed by atoms with Crippen molar-refractivity contribution in [2.24, 2.45) is 5.92 Å². The van der Waals surface area contributed by atoms with Gasteiger partial charge in [0, 0.05) is 24.4 Å². The molecule has 4 heteroatoms. The molecule has 0 heterocycles. The van der Waals surface area contributed by atoms with Gasteiger partial charge < -0.3 is 5.32 Å². The fraction of sp³-hybridized carbons (Fsp3) is 0.500. The second-order valence-electron chi connectivity index (χ2n) is 4.34. The van der Waals surface area contributed by atoms with Gasteiger partial charge in [-0.2, -0.15) is 0 Å². The van der Waals surface area contributed by atoms with Crippen LogP contribution in [-0.2, 0) is 0 Å². The summed E-state index contributed by atoms with van der Waals surface area (Å²) in [5.41, 5.74) is 1.11. The highest BCUT2D eigenvalue weighted by Gasteiger charge is 2.14.